The third-order valence-corrected chi connectivity index (χ3v) is 7.64. The number of ether oxygens (including phenoxy) is 2. The Labute approximate surface area is 241 Å². The van der Waals surface area contributed by atoms with Crippen LogP contribution in [0.2, 0.25) is 0 Å². The Morgan fingerprint density at radius 2 is 1.46 bits per heavy atom. The van der Waals surface area contributed by atoms with Gasteiger partial charge in [0.2, 0.25) is 0 Å². The van der Waals surface area contributed by atoms with Crippen molar-refractivity contribution in [3.8, 4) is 5.75 Å². The van der Waals surface area contributed by atoms with E-state index in [-0.39, 0.29) is 19.9 Å². The molecule has 1 aliphatic rings. The van der Waals surface area contributed by atoms with Crippen molar-refractivity contribution in [2.75, 3.05) is 13.7 Å². The molecule has 0 aliphatic carbocycles. The van der Waals surface area contributed by atoms with E-state index in [1.54, 1.807) is 23.4 Å². The van der Waals surface area contributed by atoms with Crippen LogP contribution in [0.3, 0.4) is 0 Å². The number of hydrogen-bond donors (Lipinski definition) is 0. The molecule has 0 fully saturated rings. The number of rotatable bonds is 8. The van der Waals surface area contributed by atoms with Crippen molar-refractivity contribution in [1.82, 2.24) is 39.8 Å². The molecule has 5 aromatic rings. The maximum Gasteiger partial charge on any atom is 0.338 e. The lowest BCUT2D eigenvalue weighted by Gasteiger charge is -2.44. The van der Waals surface area contributed by atoms with Crippen LogP contribution in [0.1, 0.15) is 25.5 Å². The van der Waals surface area contributed by atoms with Crippen molar-refractivity contribution in [3.63, 3.8) is 0 Å². The molecule has 0 bridgehead atoms. The molecule has 0 spiro atoms. The van der Waals surface area contributed by atoms with E-state index in [0.29, 0.717) is 22.1 Å². The minimum absolute atomic E-state index is 0.233. The molecule has 0 radical (unpaired) electrons. The quantitative estimate of drug-likeness (QED) is 0.199. The fourth-order valence-corrected chi connectivity index (χ4v) is 5.50. The van der Waals surface area contributed by atoms with Gasteiger partial charge in [-0.2, -0.15) is 0 Å². The second kappa shape index (κ2) is 11.0. The highest BCUT2D eigenvalue weighted by atomic mass is 32.1. The van der Waals surface area contributed by atoms with Gasteiger partial charge in [0, 0.05) is 5.70 Å². The number of carbonyl (C=O) groups is 1. The number of hydrogen-bond acceptors (Lipinski definition) is 8. The van der Waals surface area contributed by atoms with Crippen molar-refractivity contribution in [1.29, 1.82) is 0 Å². The summed E-state index contributed by atoms with van der Waals surface area (Å²) in [5, 5.41) is 17.9. The minimum Gasteiger partial charge on any atom is -0.497 e. The SMILES string of the molecule is CCOC(=O)C1=C(C)N(Cn2nnc3ccccc32)C(=S)N(Cn2nnc3ccccc32)C1c1ccc(OC)cc1. The number of para-hydroxylation sites is 2. The summed E-state index contributed by atoms with van der Waals surface area (Å²) in [4.78, 5) is 17.5. The van der Waals surface area contributed by atoms with E-state index in [4.69, 9.17) is 21.7 Å². The summed E-state index contributed by atoms with van der Waals surface area (Å²) in [5.74, 6) is 0.286. The Morgan fingerprint density at radius 3 is 2.05 bits per heavy atom. The number of benzene rings is 3. The molecule has 41 heavy (non-hydrogen) atoms. The standard InChI is InChI=1S/C29H28N8O3S/c1-4-40-28(38)26-19(2)34(17-36-24-11-7-5-9-22(24)30-32-36)29(41)35(27(26)20-13-15-21(39-3)16-14-20)18-37-25-12-8-6-10-23(25)31-33-37/h5-16,27H,4,17-18H2,1-3H3. The highest BCUT2D eigenvalue weighted by molar-refractivity contribution is 7.80. The van der Waals surface area contributed by atoms with Crippen LogP contribution in [0.4, 0.5) is 0 Å². The molecule has 2 aromatic heterocycles. The van der Waals surface area contributed by atoms with Gasteiger partial charge in [0.1, 0.15) is 30.1 Å². The number of allylic oxidation sites excluding steroid dienone is 1. The summed E-state index contributed by atoms with van der Waals surface area (Å²) in [6, 6.07) is 22.5. The van der Waals surface area contributed by atoms with Gasteiger partial charge in [-0.1, -0.05) is 46.8 Å². The Morgan fingerprint density at radius 1 is 0.878 bits per heavy atom. The number of aromatic nitrogens is 6. The Balaban J connectivity index is 1.50. The van der Waals surface area contributed by atoms with Crippen LogP contribution >= 0.6 is 12.2 Å². The number of fused-ring (bicyclic) bond motifs is 2. The van der Waals surface area contributed by atoms with Crippen LogP contribution in [-0.2, 0) is 22.9 Å². The number of esters is 1. The molecule has 3 heterocycles. The Bertz CT molecular complexity index is 1780. The molecule has 12 heteroatoms. The molecular formula is C29H28N8O3S. The van der Waals surface area contributed by atoms with Crippen LogP contribution in [0.25, 0.3) is 22.1 Å². The topological polar surface area (TPSA) is 103 Å². The molecule has 0 saturated heterocycles. The maximum absolute atomic E-state index is 13.7. The summed E-state index contributed by atoms with van der Waals surface area (Å²) < 4.78 is 14.5. The third-order valence-electron chi connectivity index (χ3n) is 7.19. The predicted octanol–water partition coefficient (Wildman–Crippen LogP) is 4.28. The molecule has 0 saturated carbocycles. The van der Waals surface area contributed by atoms with Gasteiger partial charge in [-0.3, -0.25) is 0 Å². The molecule has 208 valence electrons. The van der Waals surface area contributed by atoms with E-state index in [2.05, 4.69) is 20.6 Å². The fourth-order valence-electron chi connectivity index (χ4n) is 5.14. The minimum atomic E-state index is -0.556. The van der Waals surface area contributed by atoms with E-state index < -0.39 is 12.0 Å². The van der Waals surface area contributed by atoms with Gasteiger partial charge in [0.15, 0.2) is 5.11 Å². The van der Waals surface area contributed by atoms with Crippen molar-refractivity contribution >= 4 is 45.4 Å². The molecule has 1 aliphatic heterocycles. The highest BCUT2D eigenvalue weighted by Crippen LogP contribution is 2.39. The van der Waals surface area contributed by atoms with Crippen LogP contribution in [-0.4, -0.2) is 64.6 Å². The number of methoxy groups -OCH3 is 1. The normalized spacial score (nSPS) is 15.7. The van der Waals surface area contributed by atoms with Gasteiger partial charge in [-0.25, -0.2) is 14.2 Å². The fraction of sp³-hybridized carbons (Fsp3) is 0.241. The number of thiocarbonyl (C=S) groups is 1. The van der Waals surface area contributed by atoms with Gasteiger partial charge >= 0.3 is 5.97 Å². The van der Waals surface area contributed by atoms with Crippen molar-refractivity contribution in [2.24, 2.45) is 0 Å². The van der Waals surface area contributed by atoms with Gasteiger partial charge in [0.25, 0.3) is 0 Å². The van der Waals surface area contributed by atoms with E-state index >= 15 is 0 Å². The van der Waals surface area contributed by atoms with E-state index in [1.165, 1.54) is 0 Å². The molecular weight excluding hydrogens is 540 g/mol. The maximum atomic E-state index is 13.7. The first-order valence-corrected chi connectivity index (χ1v) is 13.6. The second-order valence-electron chi connectivity index (χ2n) is 9.51. The first kappa shape index (κ1) is 26.4. The zero-order chi connectivity index (χ0) is 28.5. The molecule has 3 aromatic carbocycles. The molecule has 11 nitrogen and oxygen atoms in total. The number of nitrogens with zero attached hydrogens (tertiary/aromatic N) is 8. The lowest BCUT2D eigenvalue weighted by atomic mass is 9.93. The summed E-state index contributed by atoms with van der Waals surface area (Å²) in [6.45, 7) is 4.40. The van der Waals surface area contributed by atoms with Crippen LogP contribution in [0, 0.1) is 0 Å². The molecule has 0 N–H and O–H groups in total. The summed E-state index contributed by atoms with van der Waals surface area (Å²) in [5.41, 5.74) is 5.23. The van der Waals surface area contributed by atoms with E-state index in [1.807, 2.05) is 89.5 Å². The summed E-state index contributed by atoms with van der Waals surface area (Å²) in [6.07, 6.45) is 0. The summed E-state index contributed by atoms with van der Waals surface area (Å²) >= 11 is 6.16. The third kappa shape index (κ3) is 4.76. The average Bonchev–Trinajstić information content (AvgIpc) is 3.60. The smallest absolute Gasteiger partial charge is 0.338 e. The van der Waals surface area contributed by atoms with Gasteiger partial charge < -0.3 is 19.3 Å². The highest BCUT2D eigenvalue weighted by Gasteiger charge is 2.41. The molecule has 6 rings (SSSR count). The molecule has 1 unspecified atom stereocenters. The van der Waals surface area contributed by atoms with Crippen LogP contribution in [0.15, 0.2) is 84.1 Å². The average molecular weight is 569 g/mol. The van der Waals surface area contributed by atoms with E-state index in [0.717, 1.165) is 27.6 Å². The van der Waals surface area contributed by atoms with Crippen LogP contribution < -0.4 is 4.74 Å². The lowest BCUT2D eigenvalue weighted by molar-refractivity contribution is -0.139. The van der Waals surface area contributed by atoms with Crippen molar-refractivity contribution < 1.29 is 14.3 Å². The molecule has 0 amide bonds. The number of carbonyl (C=O) groups excluding carboxylic acids is 1. The Hall–Kier alpha value is -4.84. The first-order chi connectivity index (χ1) is 20.0. The monoisotopic (exact) mass is 568 g/mol. The van der Waals surface area contributed by atoms with Crippen molar-refractivity contribution in [2.45, 2.75) is 33.2 Å². The lowest BCUT2D eigenvalue weighted by Crippen LogP contribution is -2.51. The zero-order valence-corrected chi connectivity index (χ0v) is 23.7. The van der Waals surface area contributed by atoms with Gasteiger partial charge in [0.05, 0.1) is 36.4 Å². The Kier molecular flexibility index (Phi) is 7.06. The van der Waals surface area contributed by atoms with Gasteiger partial charge in [-0.15, -0.1) is 10.2 Å². The summed E-state index contributed by atoms with van der Waals surface area (Å²) in [7, 11) is 1.62. The van der Waals surface area contributed by atoms with E-state index in [9.17, 15) is 4.79 Å². The van der Waals surface area contributed by atoms with Gasteiger partial charge in [-0.05, 0) is 68.0 Å². The second-order valence-corrected chi connectivity index (χ2v) is 9.88. The van der Waals surface area contributed by atoms with Crippen molar-refractivity contribution in [3.05, 3.63) is 89.6 Å². The van der Waals surface area contributed by atoms with Crippen LogP contribution in [0.5, 0.6) is 5.75 Å². The first-order valence-electron chi connectivity index (χ1n) is 13.2. The zero-order valence-electron chi connectivity index (χ0n) is 22.8. The molecule has 1 atom stereocenters. The largest absolute Gasteiger partial charge is 0.497 e. The predicted molar refractivity (Wildman–Crippen MR) is 156 cm³/mol.